The summed E-state index contributed by atoms with van der Waals surface area (Å²) in [6.45, 7) is 4.89. The van der Waals surface area contributed by atoms with Crippen molar-refractivity contribution in [3.8, 4) is 17.2 Å². The number of aromatic nitrogens is 2. The average Bonchev–Trinajstić information content (AvgIpc) is 3.37. The van der Waals surface area contributed by atoms with E-state index in [1.165, 1.54) is 11.5 Å². The highest BCUT2D eigenvalue weighted by Crippen LogP contribution is 2.26. The summed E-state index contributed by atoms with van der Waals surface area (Å²) in [6, 6.07) is 13.0. The van der Waals surface area contributed by atoms with E-state index in [-0.39, 0.29) is 6.03 Å². The molecule has 3 aromatic rings. The van der Waals surface area contributed by atoms with Crippen LogP contribution in [0.4, 0.5) is 15.6 Å². The van der Waals surface area contributed by atoms with Gasteiger partial charge in [-0.15, -0.1) is 0 Å². The van der Waals surface area contributed by atoms with Crippen LogP contribution in [-0.4, -0.2) is 80.9 Å². The van der Waals surface area contributed by atoms with Crippen LogP contribution >= 0.6 is 11.5 Å². The number of piperazine rings is 1. The molecular formula is C25H32N6O4S. The van der Waals surface area contributed by atoms with Crippen molar-refractivity contribution in [2.45, 2.75) is 6.42 Å². The minimum absolute atomic E-state index is 0.263. The summed E-state index contributed by atoms with van der Waals surface area (Å²) in [7, 11) is 4.82. The Labute approximate surface area is 215 Å². The first kappa shape index (κ1) is 25.5. The number of nitrogens with one attached hydrogen (secondary N) is 2. The number of nitrogens with zero attached hydrogens (tertiary/aromatic N) is 4. The molecule has 10 nitrogen and oxygen atoms in total. The third-order valence-corrected chi connectivity index (χ3v) is 6.73. The van der Waals surface area contributed by atoms with Gasteiger partial charge >= 0.3 is 6.03 Å². The molecule has 0 bridgehead atoms. The number of carbonyl (C=O) groups excluding carboxylic acids is 1. The third kappa shape index (κ3) is 6.98. The number of anilines is 2. The fourth-order valence-electron chi connectivity index (χ4n) is 3.96. The van der Waals surface area contributed by atoms with Gasteiger partial charge in [0.05, 0.1) is 21.3 Å². The fraction of sp³-hybridized carbons (Fsp3) is 0.400. The molecule has 1 aliphatic heterocycles. The first-order chi connectivity index (χ1) is 17.6. The highest BCUT2D eigenvalue weighted by molar-refractivity contribution is 7.09. The molecule has 11 heteroatoms. The molecule has 0 unspecified atom stereocenters. The first-order valence-corrected chi connectivity index (χ1v) is 12.5. The molecule has 4 rings (SSSR count). The van der Waals surface area contributed by atoms with Crippen molar-refractivity contribution in [3.63, 3.8) is 0 Å². The SMILES string of the molecule is COc1cccc(Cc2nsc(N3CCN(CCNC(=O)Nc4cc(OC)cc(OC)c4)CC3)n2)c1. The van der Waals surface area contributed by atoms with Gasteiger partial charge in [-0.05, 0) is 17.7 Å². The number of methoxy groups -OCH3 is 3. The molecule has 2 amide bonds. The normalized spacial score (nSPS) is 13.8. The van der Waals surface area contributed by atoms with E-state index < -0.39 is 0 Å². The summed E-state index contributed by atoms with van der Waals surface area (Å²) in [5.74, 6) is 2.90. The Morgan fingerprint density at radius 3 is 2.39 bits per heavy atom. The minimum Gasteiger partial charge on any atom is -0.497 e. The quantitative estimate of drug-likeness (QED) is 0.427. The van der Waals surface area contributed by atoms with Crippen LogP contribution in [0.15, 0.2) is 42.5 Å². The van der Waals surface area contributed by atoms with Crippen LogP contribution in [0.5, 0.6) is 17.2 Å². The molecule has 0 spiro atoms. The lowest BCUT2D eigenvalue weighted by molar-refractivity contribution is 0.240. The van der Waals surface area contributed by atoms with Crippen LogP contribution in [0.25, 0.3) is 0 Å². The second kappa shape index (κ2) is 12.4. The lowest BCUT2D eigenvalue weighted by Gasteiger charge is -2.34. The molecule has 1 saturated heterocycles. The third-order valence-electron chi connectivity index (χ3n) is 5.92. The Hall–Kier alpha value is -3.57. The highest BCUT2D eigenvalue weighted by Gasteiger charge is 2.20. The monoisotopic (exact) mass is 512 g/mol. The zero-order valence-electron chi connectivity index (χ0n) is 20.8. The molecule has 1 fully saturated rings. The molecule has 2 aromatic carbocycles. The summed E-state index contributed by atoms with van der Waals surface area (Å²) in [5, 5.41) is 6.70. The van der Waals surface area contributed by atoms with E-state index in [1.54, 1.807) is 39.5 Å². The number of hydrogen-bond acceptors (Lipinski definition) is 9. The molecule has 0 radical (unpaired) electrons. The van der Waals surface area contributed by atoms with E-state index >= 15 is 0 Å². The molecule has 2 heterocycles. The standard InChI is InChI=1S/C25H32N6O4S/c1-33-20-6-4-5-18(13-20)14-23-28-25(36-29-23)31-11-9-30(10-12-31)8-7-26-24(32)27-19-15-21(34-2)17-22(16-19)35-3/h4-6,13,15-17H,7-12,14H2,1-3H3,(H2,26,27,32). The lowest BCUT2D eigenvalue weighted by Crippen LogP contribution is -2.48. The molecular weight excluding hydrogens is 480 g/mol. The summed E-state index contributed by atoms with van der Waals surface area (Å²) < 4.78 is 20.3. The van der Waals surface area contributed by atoms with Crippen molar-refractivity contribution >= 4 is 28.4 Å². The largest absolute Gasteiger partial charge is 0.497 e. The van der Waals surface area contributed by atoms with Crippen LogP contribution in [0.2, 0.25) is 0 Å². The van der Waals surface area contributed by atoms with Crippen LogP contribution < -0.4 is 29.7 Å². The zero-order chi connectivity index (χ0) is 25.3. The highest BCUT2D eigenvalue weighted by atomic mass is 32.1. The Morgan fingerprint density at radius 1 is 0.972 bits per heavy atom. The van der Waals surface area contributed by atoms with Gasteiger partial charge in [0.2, 0.25) is 5.13 Å². The molecule has 2 N–H and O–H groups in total. The lowest BCUT2D eigenvalue weighted by atomic mass is 10.1. The number of rotatable bonds is 10. The molecule has 0 aliphatic carbocycles. The Morgan fingerprint density at radius 2 is 1.69 bits per heavy atom. The number of amides is 2. The number of carbonyl (C=O) groups is 1. The van der Waals surface area contributed by atoms with E-state index in [2.05, 4.69) is 30.9 Å². The van der Waals surface area contributed by atoms with Gasteiger partial charge < -0.3 is 29.7 Å². The van der Waals surface area contributed by atoms with Crippen molar-refractivity contribution in [2.75, 3.05) is 70.8 Å². The van der Waals surface area contributed by atoms with Gasteiger partial charge in [-0.3, -0.25) is 4.90 Å². The molecule has 192 valence electrons. The van der Waals surface area contributed by atoms with Crippen molar-refractivity contribution in [1.29, 1.82) is 0 Å². The predicted molar refractivity (Wildman–Crippen MR) is 141 cm³/mol. The number of benzene rings is 2. The van der Waals surface area contributed by atoms with Crippen LogP contribution in [0.3, 0.4) is 0 Å². The van der Waals surface area contributed by atoms with Gasteiger partial charge in [0.1, 0.15) is 23.1 Å². The van der Waals surface area contributed by atoms with Gasteiger partial charge in [-0.25, -0.2) is 9.78 Å². The first-order valence-electron chi connectivity index (χ1n) is 11.8. The van der Waals surface area contributed by atoms with Crippen molar-refractivity contribution in [2.24, 2.45) is 0 Å². The van der Waals surface area contributed by atoms with Crippen molar-refractivity contribution in [1.82, 2.24) is 19.6 Å². The molecule has 36 heavy (non-hydrogen) atoms. The van der Waals surface area contributed by atoms with E-state index in [1.807, 2.05) is 18.2 Å². The fourth-order valence-corrected chi connectivity index (χ4v) is 4.69. The molecule has 0 saturated carbocycles. The van der Waals surface area contributed by atoms with Gasteiger partial charge in [-0.2, -0.15) is 4.37 Å². The maximum Gasteiger partial charge on any atom is 0.319 e. The Bertz CT molecular complexity index is 1130. The van der Waals surface area contributed by atoms with Crippen LogP contribution in [-0.2, 0) is 6.42 Å². The van der Waals surface area contributed by atoms with Gasteiger partial charge in [0, 0.05) is 81.1 Å². The maximum atomic E-state index is 12.3. The molecule has 1 aromatic heterocycles. The topological polar surface area (TPSA) is 101 Å². The molecule has 0 atom stereocenters. The number of hydrogen-bond donors (Lipinski definition) is 2. The maximum absolute atomic E-state index is 12.3. The summed E-state index contributed by atoms with van der Waals surface area (Å²) in [4.78, 5) is 21.7. The second-order valence-corrected chi connectivity index (χ2v) is 9.06. The van der Waals surface area contributed by atoms with Crippen LogP contribution in [0.1, 0.15) is 11.4 Å². The van der Waals surface area contributed by atoms with Crippen LogP contribution in [0, 0.1) is 0 Å². The van der Waals surface area contributed by atoms with Crippen molar-refractivity contribution in [3.05, 3.63) is 53.9 Å². The minimum atomic E-state index is -0.263. The summed E-state index contributed by atoms with van der Waals surface area (Å²) in [5.41, 5.74) is 1.74. The van der Waals surface area contributed by atoms with Gasteiger partial charge in [0.25, 0.3) is 0 Å². The number of ether oxygens (including phenoxy) is 3. The van der Waals surface area contributed by atoms with Gasteiger partial charge in [0.15, 0.2) is 0 Å². The van der Waals surface area contributed by atoms with E-state index in [9.17, 15) is 4.79 Å². The smallest absolute Gasteiger partial charge is 0.319 e. The Kier molecular flexibility index (Phi) is 8.80. The van der Waals surface area contributed by atoms with Gasteiger partial charge in [-0.1, -0.05) is 12.1 Å². The zero-order valence-corrected chi connectivity index (χ0v) is 21.6. The van der Waals surface area contributed by atoms with E-state index in [0.717, 1.165) is 55.0 Å². The second-order valence-electron chi connectivity index (χ2n) is 8.33. The molecule has 1 aliphatic rings. The Balaban J connectivity index is 1.18. The summed E-state index contributed by atoms with van der Waals surface area (Å²) >= 11 is 1.45. The predicted octanol–water partition coefficient (Wildman–Crippen LogP) is 3.10. The number of urea groups is 1. The average molecular weight is 513 g/mol. The van der Waals surface area contributed by atoms with Crippen molar-refractivity contribution < 1.29 is 19.0 Å². The summed E-state index contributed by atoms with van der Waals surface area (Å²) in [6.07, 6.45) is 0.684. The van der Waals surface area contributed by atoms with E-state index in [0.29, 0.717) is 30.2 Å². The van der Waals surface area contributed by atoms with E-state index in [4.69, 9.17) is 19.2 Å².